The van der Waals surface area contributed by atoms with E-state index < -0.39 is 23.1 Å². The largest absolute Gasteiger partial charge is 0.377 e. The molecule has 1 aromatic heterocycles. The van der Waals surface area contributed by atoms with Crippen molar-refractivity contribution in [2.75, 3.05) is 24.7 Å². The maximum atomic E-state index is 13.6. The number of ether oxygens (including phenoxy) is 1. The molecule has 0 unspecified atom stereocenters. The van der Waals surface area contributed by atoms with E-state index in [0.29, 0.717) is 25.8 Å². The third-order valence-electron chi connectivity index (χ3n) is 2.77. The van der Waals surface area contributed by atoms with Crippen molar-refractivity contribution in [2.24, 2.45) is 0 Å². The highest BCUT2D eigenvalue weighted by molar-refractivity contribution is 5.43. The van der Waals surface area contributed by atoms with E-state index in [0.717, 1.165) is 0 Å². The molecular weight excluding hydrogens is 233 g/mol. The zero-order valence-corrected chi connectivity index (χ0v) is 9.64. The van der Waals surface area contributed by atoms with Crippen molar-refractivity contribution in [1.82, 2.24) is 4.98 Å². The van der Waals surface area contributed by atoms with Crippen LogP contribution in [-0.4, -0.2) is 30.3 Å². The van der Waals surface area contributed by atoms with Gasteiger partial charge >= 0.3 is 0 Å². The van der Waals surface area contributed by atoms with Gasteiger partial charge in [0.05, 0.1) is 18.8 Å². The molecule has 1 fully saturated rings. The zero-order valence-electron chi connectivity index (χ0n) is 9.64. The third kappa shape index (κ3) is 2.22. The van der Waals surface area contributed by atoms with E-state index in [9.17, 15) is 13.2 Å². The Balaban J connectivity index is 2.42. The molecule has 0 atom stereocenters. The second-order valence-electron chi connectivity index (χ2n) is 4.58. The lowest BCUT2D eigenvalue weighted by atomic mass is 10.0. The average molecular weight is 246 g/mol. The Hall–Kier alpha value is -1.30. The molecule has 1 aromatic rings. The lowest BCUT2D eigenvalue weighted by Crippen LogP contribution is -2.54. The van der Waals surface area contributed by atoms with Crippen LogP contribution in [0.5, 0.6) is 0 Å². The highest BCUT2D eigenvalue weighted by atomic mass is 19.2. The average Bonchev–Trinajstić information content (AvgIpc) is 2.23. The van der Waals surface area contributed by atoms with Crippen LogP contribution in [0.15, 0.2) is 6.07 Å². The van der Waals surface area contributed by atoms with Gasteiger partial charge in [-0.25, -0.2) is 8.78 Å². The predicted octanol–water partition coefficient (Wildman–Crippen LogP) is 2.11. The van der Waals surface area contributed by atoms with Crippen molar-refractivity contribution in [3.05, 3.63) is 23.6 Å². The van der Waals surface area contributed by atoms with Crippen molar-refractivity contribution in [2.45, 2.75) is 19.4 Å². The highest BCUT2D eigenvalue weighted by Gasteiger charge is 2.33. The maximum Gasteiger partial charge on any atom is 0.251 e. The van der Waals surface area contributed by atoms with Crippen LogP contribution in [0.3, 0.4) is 0 Å². The molecule has 0 spiro atoms. The van der Waals surface area contributed by atoms with E-state index >= 15 is 0 Å². The van der Waals surface area contributed by atoms with Gasteiger partial charge in [0.25, 0.3) is 5.95 Å². The Morgan fingerprint density at radius 2 is 2.00 bits per heavy atom. The maximum absolute atomic E-state index is 13.6. The summed E-state index contributed by atoms with van der Waals surface area (Å²) in [4.78, 5) is 4.94. The van der Waals surface area contributed by atoms with Gasteiger partial charge in [-0.2, -0.15) is 9.37 Å². The van der Waals surface area contributed by atoms with Crippen LogP contribution < -0.4 is 4.90 Å². The molecule has 2 rings (SSSR count). The standard InChI is InChI=1S/C11H13F3N2O/c1-11(2)6-17-4-3-16(11)10-8(13)5-7(12)9(14)15-10/h5H,3-4,6H2,1-2H3. The smallest absolute Gasteiger partial charge is 0.251 e. The molecule has 0 aromatic carbocycles. The Morgan fingerprint density at radius 3 is 2.65 bits per heavy atom. The molecule has 0 bridgehead atoms. The first-order valence-electron chi connectivity index (χ1n) is 5.29. The van der Waals surface area contributed by atoms with Crippen LogP contribution >= 0.6 is 0 Å². The SMILES string of the molecule is CC1(C)COCCN1c1nc(F)c(F)cc1F. The van der Waals surface area contributed by atoms with Gasteiger partial charge in [-0.15, -0.1) is 0 Å². The van der Waals surface area contributed by atoms with Crippen LogP contribution in [0.4, 0.5) is 19.0 Å². The molecule has 2 heterocycles. The molecule has 17 heavy (non-hydrogen) atoms. The topological polar surface area (TPSA) is 25.4 Å². The fourth-order valence-corrected chi connectivity index (χ4v) is 1.88. The first kappa shape index (κ1) is 12.2. The van der Waals surface area contributed by atoms with Gasteiger partial charge in [-0.3, -0.25) is 0 Å². The molecule has 6 heteroatoms. The molecule has 0 radical (unpaired) electrons. The monoisotopic (exact) mass is 246 g/mol. The number of pyridine rings is 1. The number of hydrogen-bond acceptors (Lipinski definition) is 3. The van der Waals surface area contributed by atoms with Gasteiger partial charge < -0.3 is 9.64 Å². The van der Waals surface area contributed by atoms with Gasteiger partial charge in [0.2, 0.25) is 0 Å². The van der Waals surface area contributed by atoms with E-state index in [1.807, 2.05) is 13.8 Å². The third-order valence-corrected chi connectivity index (χ3v) is 2.77. The van der Waals surface area contributed by atoms with Gasteiger partial charge in [0.1, 0.15) is 0 Å². The fraction of sp³-hybridized carbons (Fsp3) is 0.545. The van der Waals surface area contributed by atoms with Gasteiger partial charge in [0.15, 0.2) is 17.5 Å². The van der Waals surface area contributed by atoms with E-state index in [4.69, 9.17) is 4.74 Å². The molecule has 1 saturated heterocycles. The van der Waals surface area contributed by atoms with Crippen LogP contribution in [0.1, 0.15) is 13.8 Å². The van der Waals surface area contributed by atoms with Crippen molar-refractivity contribution < 1.29 is 17.9 Å². The summed E-state index contributed by atoms with van der Waals surface area (Å²) in [7, 11) is 0. The van der Waals surface area contributed by atoms with Crippen LogP contribution in [-0.2, 0) is 4.74 Å². The Labute approximate surface area is 97.2 Å². The summed E-state index contributed by atoms with van der Waals surface area (Å²) in [5.74, 6) is -3.60. The van der Waals surface area contributed by atoms with Gasteiger partial charge in [-0.1, -0.05) is 0 Å². The summed E-state index contributed by atoms with van der Waals surface area (Å²) in [6, 6.07) is 0.517. The molecule has 0 aliphatic carbocycles. The highest BCUT2D eigenvalue weighted by Crippen LogP contribution is 2.28. The number of nitrogens with zero attached hydrogens (tertiary/aromatic N) is 2. The van der Waals surface area contributed by atoms with Crippen LogP contribution in [0, 0.1) is 17.6 Å². The second-order valence-corrected chi connectivity index (χ2v) is 4.58. The number of aromatic nitrogens is 1. The number of hydrogen-bond donors (Lipinski definition) is 0. The Kier molecular flexibility index (Phi) is 2.99. The number of anilines is 1. The normalized spacial score (nSPS) is 19.5. The molecule has 3 nitrogen and oxygen atoms in total. The van der Waals surface area contributed by atoms with Gasteiger partial charge in [0, 0.05) is 12.6 Å². The number of morpholine rings is 1. The summed E-state index contributed by atoms with van der Waals surface area (Å²) in [5.41, 5.74) is -0.504. The summed E-state index contributed by atoms with van der Waals surface area (Å²) < 4.78 is 44.7. The molecule has 1 aliphatic heterocycles. The number of halogens is 3. The minimum atomic E-state index is -1.29. The Morgan fingerprint density at radius 1 is 1.29 bits per heavy atom. The van der Waals surface area contributed by atoms with Crippen LogP contribution in [0.2, 0.25) is 0 Å². The fourth-order valence-electron chi connectivity index (χ4n) is 1.88. The molecular formula is C11H13F3N2O. The minimum Gasteiger partial charge on any atom is -0.377 e. The first-order chi connectivity index (χ1) is 7.92. The van der Waals surface area contributed by atoms with Crippen molar-refractivity contribution in [1.29, 1.82) is 0 Å². The molecule has 0 N–H and O–H groups in total. The molecule has 1 aliphatic rings. The van der Waals surface area contributed by atoms with E-state index in [-0.39, 0.29) is 5.82 Å². The van der Waals surface area contributed by atoms with Crippen molar-refractivity contribution in [3.8, 4) is 0 Å². The zero-order chi connectivity index (χ0) is 12.6. The lowest BCUT2D eigenvalue weighted by molar-refractivity contribution is 0.0633. The first-order valence-corrected chi connectivity index (χ1v) is 5.29. The molecule has 0 saturated carbocycles. The van der Waals surface area contributed by atoms with Gasteiger partial charge in [-0.05, 0) is 13.8 Å². The quantitative estimate of drug-likeness (QED) is 0.710. The minimum absolute atomic E-state index is 0.169. The van der Waals surface area contributed by atoms with E-state index in [2.05, 4.69) is 4.98 Å². The molecule has 94 valence electrons. The van der Waals surface area contributed by atoms with E-state index in [1.165, 1.54) is 0 Å². The second kappa shape index (κ2) is 4.18. The van der Waals surface area contributed by atoms with Crippen LogP contribution in [0.25, 0.3) is 0 Å². The predicted molar refractivity (Wildman–Crippen MR) is 56.4 cm³/mol. The summed E-state index contributed by atoms with van der Waals surface area (Å²) in [5, 5.41) is 0. The lowest BCUT2D eigenvalue weighted by Gasteiger charge is -2.42. The molecule has 0 amide bonds. The van der Waals surface area contributed by atoms with E-state index in [1.54, 1.807) is 4.90 Å². The van der Waals surface area contributed by atoms with Crippen molar-refractivity contribution in [3.63, 3.8) is 0 Å². The summed E-state index contributed by atoms with van der Waals surface area (Å²) in [6.07, 6.45) is 0. The Bertz CT molecular complexity index is 437. The summed E-state index contributed by atoms with van der Waals surface area (Å²) in [6.45, 7) is 4.84. The van der Waals surface area contributed by atoms with Crippen molar-refractivity contribution >= 4 is 5.82 Å². The number of rotatable bonds is 1. The summed E-state index contributed by atoms with van der Waals surface area (Å²) >= 11 is 0.